The summed E-state index contributed by atoms with van der Waals surface area (Å²) in [5, 5.41) is 19.1. The van der Waals surface area contributed by atoms with Gasteiger partial charge in [0.25, 0.3) is 0 Å². The molecule has 156 valence electrons. The van der Waals surface area contributed by atoms with Crippen LogP contribution in [0.4, 0.5) is 0 Å². The zero-order chi connectivity index (χ0) is 19.7. The maximum Gasteiger partial charge on any atom is 0.181 e. The molecular weight excluding hydrogens is 338 g/mol. The summed E-state index contributed by atoms with van der Waals surface area (Å²) in [6.45, 7) is 9.42. The molecule has 0 aromatic heterocycles. The third-order valence-electron chi connectivity index (χ3n) is 6.00. The van der Waals surface area contributed by atoms with Gasteiger partial charge in [-0.3, -0.25) is 0 Å². The molecule has 0 amide bonds. The number of rotatable bonds is 13. The lowest BCUT2D eigenvalue weighted by Crippen LogP contribution is -2.36. The van der Waals surface area contributed by atoms with Crippen LogP contribution in [0.2, 0.25) is 5.82 Å². The lowest BCUT2D eigenvalue weighted by atomic mass is 9.65. The van der Waals surface area contributed by atoms with Crippen LogP contribution in [0.5, 0.6) is 0 Å². The fraction of sp³-hybridized carbons (Fsp3) is 1.00. The van der Waals surface area contributed by atoms with Crippen molar-refractivity contribution >= 4 is 14.4 Å². The molecule has 1 fully saturated rings. The summed E-state index contributed by atoms with van der Waals surface area (Å²) in [4.78, 5) is 0. The Hall–Kier alpha value is 0.415. The Labute approximate surface area is 166 Å². The highest BCUT2D eigenvalue weighted by Crippen LogP contribution is 2.61. The van der Waals surface area contributed by atoms with Crippen molar-refractivity contribution < 1.29 is 10.0 Å². The van der Waals surface area contributed by atoms with Crippen LogP contribution < -0.4 is 5.02 Å². The van der Waals surface area contributed by atoms with Crippen molar-refractivity contribution in [1.29, 1.82) is 0 Å². The molecule has 1 saturated carbocycles. The van der Waals surface area contributed by atoms with Gasteiger partial charge in [-0.25, -0.2) is 0 Å². The minimum absolute atomic E-state index is 0.0544. The zero-order valence-electron chi connectivity index (χ0n) is 18.5. The van der Waals surface area contributed by atoms with E-state index in [-0.39, 0.29) is 5.82 Å². The summed E-state index contributed by atoms with van der Waals surface area (Å²) < 4.78 is 0. The molecule has 26 heavy (non-hydrogen) atoms. The highest BCUT2D eigenvalue weighted by Gasteiger charge is 2.34. The molecule has 0 heterocycles. The Kier molecular flexibility index (Phi) is 17.8. The average molecular weight is 386 g/mol. The summed E-state index contributed by atoms with van der Waals surface area (Å²) in [5.74, 6) is 0.0544. The molecule has 0 atom stereocenters. The van der Waals surface area contributed by atoms with E-state index < -0.39 is 14.4 Å². The Morgan fingerprint density at radius 1 is 0.731 bits per heavy atom. The SMILES string of the molecule is CCCC[P+](CCCC)(CCCC)CCCC.[O-]B(O)C1CCCCC1. The molecule has 1 N–H and O–H groups in total. The van der Waals surface area contributed by atoms with Gasteiger partial charge in [0.15, 0.2) is 7.12 Å². The first-order valence-electron chi connectivity index (χ1n) is 11.7. The second kappa shape index (κ2) is 17.5. The average Bonchev–Trinajstić information content (AvgIpc) is 2.68. The maximum absolute atomic E-state index is 10.4. The van der Waals surface area contributed by atoms with Gasteiger partial charge in [0, 0.05) is 7.26 Å². The molecule has 1 aliphatic carbocycles. The van der Waals surface area contributed by atoms with Crippen LogP contribution in [-0.2, 0) is 0 Å². The predicted molar refractivity (Wildman–Crippen MR) is 121 cm³/mol. The van der Waals surface area contributed by atoms with E-state index in [1.165, 1.54) is 57.8 Å². The van der Waals surface area contributed by atoms with Gasteiger partial charge in [-0.15, -0.1) is 0 Å². The lowest BCUT2D eigenvalue weighted by molar-refractivity contribution is -0.221. The third kappa shape index (κ3) is 12.7. The largest absolute Gasteiger partial charge is 0.856 e. The van der Waals surface area contributed by atoms with Gasteiger partial charge in [0.1, 0.15) is 0 Å². The van der Waals surface area contributed by atoms with Crippen LogP contribution in [0.15, 0.2) is 0 Å². The number of hydrogen-bond donors (Lipinski definition) is 1. The topological polar surface area (TPSA) is 43.3 Å². The molecule has 0 radical (unpaired) electrons. The molecule has 0 aromatic rings. The van der Waals surface area contributed by atoms with Crippen molar-refractivity contribution in [2.24, 2.45) is 0 Å². The maximum atomic E-state index is 10.4. The standard InChI is InChI=1S/C16H36P.C6H12BO2/c1-5-9-13-17(14-10-6-2,15-11-7-3)16-12-8-4;8-7(9)6-4-2-1-3-5-6/h5-16H2,1-4H3;6,8H,1-5H2/q+1;-1. The molecule has 1 rings (SSSR count). The van der Waals surface area contributed by atoms with E-state index in [0.717, 1.165) is 25.7 Å². The van der Waals surface area contributed by atoms with Gasteiger partial charge in [-0.1, -0.05) is 91.3 Å². The quantitative estimate of drug-likeness (QED) is 0.295. The third-order valence-corrected chi connectivity index (χ3v) is 11.1. The van der Waals surface area contributed by atoms with Crippen molar-refractivity contribution in [2.75, 3.05) is 24.6 Å². The summed E-state index contributed by atoms with van der Waals surface area (Å²) >= 11 is 0. The van der Waals surface area contributed by atoms with E-state index in [1.54, 1.807) is 24.6 Å². The Morgan fingerprint density at radius 3 is 1.31 bits per heavy atom. The molecule has 4 heteroatoms. The first-order valence-corrected chi connectivity index (χ1v) is 14.3. The van der Waals surface area contributed by atoms with Crippen molar-refractivity contribution in [3.8, 4) is 0 Å². The van der Waals surface area contributed by atoms with Gasteiger partial charge >= 0.3 is 0 Å². The van der Waals surface area contributed by atoms with Crippen LogP contribution in [0.3, 0.4) is 0 Å². The monoisotopic (exact) mass is 386 g/mol. The highest BCUT2D eigenvalue weighted by atomic mass is 31.2. The summed E-state index contributed by atoms with van der Waals surface area (Å²) in [5.41, 5.74) is 0. The number of unbranched alkanes of at least 4 members (excludes halogenated alkanes) is 4. The van der Waals surface area contributed by atoms with Gasteiger partial charge in [0.05, 0.1) is 24.6 Å². The van der Waals surface area contributed by atoms with Gasteiger partial charge in [-0.05, 0) is 25.7 Å². The van der Waals surface area contributed by atoms with Crippen molar-refractivity contribution in [2.45, 2.75) is 117 Å². The molecule has 0 aliphatic heterocycles. The fourth-order valence-corrected chi connectivity index (χ4v) is 9.35. The number of hydrogen-bond acceptors (Lipinski definition) is 2. The molecule has 0 bridgehead atoms. The van der Waals surface area contributed by atoms with Gasteiger partial charge < -0.3 is 10.0 Å². The lowest BCUT2D eigenvalue weighted by Gasteiger charge is -2.28. The van der Waals surface area contributed by atoms with E-state index in [4.69, 9.17) is 5.02 Å². The van der Waals surface area contributed by atoms with Gasteiger partial charge in [0.2, 0.25) is 0 Å². The molecule has 2 nitrogen and oxygen atoms in total. The summed E-state index contributed by atoms with van der Waals surface area (Å²) in [6, 6.07) is 0. The summed E-state index contributed by atoms with van der Waals surface area (Å²) in [7, 11) is -1.88. The van der Waals surface area contributed by atoms with Crippen LogP contribution in [-0.4, -0.2) is 36.8 Å². The minimum atomic E-state index is -1.31. The Morgan fingerprint density at radius 2 is 1.08 bits per heavy atom. The smallest absolute Gasteiger partial charge is 0.181 e. The van der Waals surface area contributed by atoms with E-state index in [2.05, 4.69) is 27.7 Å². The molecule has 0 spiro atoms. The first-order chi connectivity index (χ1) is 12.5. The predicted octanol–water partition coefficient (Wildman–Crippen LogP) is 6.37. The highest BCUT2D eigenvalue weighted by molar-refractivity contribution is 7.75. The molecular formula is C22H48BO2P. The van der Waals surface area contributed by atoms with Crippen molar-refractivity contribution in [3.05, 3.63) is 0 Å². The second-order valence-corrected chi connectivity index (χ2v) is 12.9. The normalized spacial score (nSPS) is 15.5. The fourth-order valence-electron chi connectivity index (χ4n) is 4.06. The summed E-state index contributed by atoms with van der Waals surface area (Å²) in [6.07, 6.45) is 23.3. The molecule has 0 saturated heterocycles. The van der Waals surface area contributed by atoms with Crippen molar-refractivity contribution in [3.63, 3.8) is 0 Å². The first kappa shape index (κ1) is 26.4. The van der Waals surface area contributed by atoms with Gasteiger partial charge in [-0.2, -0.15) is 0 Å². The van der Waals surface area contributed by atoms with E-state index in [0.29, 0.717) is 0 Å². The Balaban J connectivity index is 0.000000577. The van der Waals surface area contributed by atoms with Crippen molar-refractivity contribution in [1.82, 2.24) is 0 Å². The zero-order valence-corrected chi connectivity index (χ0v) is 19.4. The van der Waals surface area contributed by atoms with Crippen LogP contribution >= 0.6 is 7.26 Å². The molecule has 1 aliphatic rings. The van der Waals surface area contributed by atoms with E-state index >= 15 is 0 Å². The van der Waals surface area contributed by atoms with Crippen LogP contribution in [0.25, 0.3) is 0 Å². The molecule has 0 unspecified atom stereocenters. The minimum Gasteiger partial charge on any atom is -0.856 e. The van der Waals surface area contributed by atoms with E-state index in [9.17, 15) is 5.02 Å². The van der Waals surface area contributed by atoms with Crippen LogP contribution in [0, 0.1) is 0 Å². The van der Waals surface area contributed by atoms with Crippen LogP contribution in [0.1, 0.15) is 111 Å². The second-order valence-electron chi connectivity index (χ2n) is 8.44. The Bertz CT molecular complexity index is 256. The molecule has 0 aromatic carbocycles. The van der Waals surface area contributed by atoms with E-state index in [1.807, 2.05) is 0 Å².